The third-order valence-corrected chi connectivity index (χ3v) is 3.29. The van der Waals surface area contributed by atoms with E-state index in [1.165, 1.54) is 34.2 Å². The molecule has 0 heterocycles. The molecule has 0 N–H and O–H groups in total. The van der Waals surface area contributed by atoms with E-state index in [9.17, 15) is 0 Å². The lowest BCUT2D eigenvalue weighted by Gasteiger charge is -2.06. The maximum Gasteiger partial charge on any atom is -0.00726 e. The molecule has 2 aromatic carbocycles. The van der Waals surface area contributed by atoms with E-state index in [0.717, 1.165) is 12.8 Å². The average molecular weight is 250 g/mol. The van der Waals surface area contributed by atoms with Crippen molar-refractivity contribution in [2.24, 2.45) is 0 Å². The molecule has 0 fully saturated rings. The summed E-state index contributed by atoms with van der Waals surface area (Å²) in [7, 11) is 0. The lowest BCUT2D eigenvalue weighted by Crippen LogP contribution is -1.86. The maximum absolute atomic E-state index is 3.96. The Morgan fingerprint density at radius 1 is 0.842 bits per heavy atom. The van der Waals surface area contributed by atoms with Crippen LogP contribution in [-0.2, 0) is 12.8 Å². The minimum Gasteiger partial charge on any atom is -0.0998 e. The van der Waals surface area contributed by atoms with Gasteiger partial charge >= 0.3 is 0 Å². The Morgan fingerprint density at radius 2 is 1.32 bits per heavy atom. The predicted molar refractivity (Wildman–Crippen MR) is 84.4 cm³/mol. The Morgan fingerprint density at radius 3 is 1.74 bits per heavy atom. The number of aryl methyl sites for hydroxylation is 1. The van der Waals surface area contributed by atoms with Crippen LogP contribution in [0.3, 0.4) is 0 Å². The number of allylic oxidation sites excluding steroid dienone is 1. The van der Waals surface area contributed by atoms with Gasteiger partial charge in [-0.2, -0.15) is 0 Å². The summed E-state index contributed by atoms with van der Waals surface area (Å²) >= 11 is 0. The number of rotatable bonds is 5. The highest BCUT2D eigenvalue weighted by atomic mass is 14.0. The molecule has 2 aromatic rings. The summed E-state index contributed by atoms with van der Waals surface area (Å²) in [5.74, 6) is 0. The molecule has 0 aliphatic rings. The minimum atomic E-state index is 0.968. The summed E-state index contributed by atoms with van der Waals surface area (Å²) in [5.41, 5.74) is 6.54. The first-order valence-electron chi connectivity index (χ1n) is 7.01. The van der Waals surface area contributed by atoms with Gasteiger partial charge in [0.1, 0.15) is 0 Å². The Labute approximate surface area is 116 Å². The predicted octanol–water partition coefficient (Wildman–Crippen LogP) is 5.42. The van der Waals surface area contributed by atoms with Gasteiger partial charge in [-0.05, 0) is 42.0 Å². The lowest BCUT2D eigenvalue weighted by molar-refractivity contribution is 0.922. The van der Waals surface area contributed by atoms with Crippen LogP contribution >= 0.6 is 0 Å². The second-order valence-electron chi connectivity index (χ2n) is 5.28. The van der Waals surface area contributed by atoms with Crippen molar-refractivity contribution in [3.8, 4) is 11.1 Å². The zero-order valence-electron chi connectivity index (χ0n) is 11.9. The van der Waals surface area contributed by atoms with Gasteiger partial charge in [-0.3, -0.25) is 0 Å². The van der Waals surface area contributed by atoms with E-state index in [1.54, 1.807) is 0 Å². The van der Waals surface area contributed by atoms with Crippen molar-refractivity contribution in [1.82, 2.24) is 0 Å². The number of benzene rings is 2. The van der Waals surface area contributed by atoms with Crippen molar-refractivity contribution in [2.75, 3.05) is 0 Å². The molecule has 0 spiro atoms. The molecule has 0 heteroatoms. The second-order valence-corrected chi connectivity index (χ2v) is 5.28. The van der Waals surface area contributed by atoms with Gasteiger partial charge in [0.15, 0.2) is 0 Å². The van der Waals surface area contributed by atoms with Crippen LogP contribution in [0.5, 0.6) is 0 Å². The summed E-state index contributed by atoms with van der Waals surface area (Å²) in [6, 6.07) is 17.7. The highest BCUT2D eigenvalue weighted by molar-refractivity contribution is 5.64. The molecule has 0 amide bonds. The van der Waals surface area contributed by atoms with Gasteiger partial charge < -0.3 is 0 Å². The Bertz CT molecular complexity index is 529. The van der Waals surface area contributed by atoms with Crippen LogP contribution in [0.4, 0.5) is 0 Å². The van der Waals surface area contributed by atoms with Crippen LogP contribution in [0.2, 0.25) is 0 Å². The van der Waals surface area contributed by atoms with Gasteiger partial charge in [0, 0.05) is 0 Å². The first-order chi connectivity index (χ1) is 9.19. The molecular formula is C19H22. The van der Waals surface area contributed by atoms with E-state index in [0.29, 0.717) is 0 Å². The number of hydrogen-bond acceptors (Lipinski definition) is 0. The minimum absolute atomic E-state index is 0.968. The van der Waals surface area contributed by atoms with E-state index < -0.39 is 0 Å². The monoisotopic (exact) mass is 250 g/mol. The third kappa shape index (κ3) is 3.82. The van der Waals surface area contributed by atoms with Crippen LogP contribution in [0.25, 0.3) is 11.1 Å². The van der Waals surface area contributed by atoms with Gasteiger partial charge in [0.25, 0.3) is 0 Å². The van der Waals surface area contributed by atoms with Crippen LogP contribution in [0.15, 0.2) is 60.7 Å². The van der Waals surface area contributed by atoms with E-state index in [-0.39, 0.29) is 0 Å². The quantitative estimate of drug-likeness (QED) is 0.621. The van der Waals surface area contributed by atoms with Crippen molar-refractivity contribution in [3.05, 3.63) is 71.8 Å². The van der Waals surface area contributed by atoms with Crippen molar-refractivity contribution in [1.29, 1.82) is 0 Å². The van der Waals surface area contributed by atoms with Gasteiger partial charge in [0.05, 0.1) is 0 Å². The van der Waals surface area contributed by atoms with E-state index in [4.69, 9.17) is 0 Å². The Balaban J connectivity index is 2.15. The van der Waals surface area contributed by atoms with Gasteiger partial charge in [-0.15, -0.1) is 0 Å². The van der Waals surface area contributed by atoms with Gasteiger partial charge in [0.2, 0.25) is 0 Å². The molecule has 0 aliphatic carbocycles. The second kappa shape index (κ2) is 6.38. The summed E-state index contributed by atoms with van der Waals surface area (Å²) in [5, 5.41) is 0. The summed E-state index contributed by atoms with van der Waals surface area (Å²) in [6.45, 7) is 8.24. The molecule has 0 bridgehead atoms. The molecule has 2 rings (SSSR count). The third-order valence-electron chi connectivity index (χ3n) is 3.29. The van der Waals surface area contributed by atoms with E-state index >= 15 is 0 Å². The lowest BCUT2D eigenvalue weighted by atomic mass is 9.99. The van der Waals surface area contributed by atoms with Crippen LogP contribution in [0, 0.1) is 0 Å². The molecule has 0 atom stereocenters. The zero-order chi connectivity index (χ0) is 13.7. The molecule has 19 heavy (non-hydrogen) atoms. The Hall–Kier alpha value is -1.82. The molecule has 0 unspecified atom stereocenters. The highest BCUT2D eigenvalue weighted by Gasteiger charge is 1.99. The first kappa shape index (κ1) is 13.6. The normalized spacial score (nSPS) is 10.4. The van der Waals surface area contributed by atoms with Crippen molar-refractivity contribution < 1.29 is 0 Å². The Kier molecular flexibility index (Phi) is 4.57. The number of hydrogen-bond donors (Lipinski definition) is 0. The van der Waals surface area contributed by atoms with Gasteiger partial charge in [-0.25, -0.2) is 0 Å². The molecule has 98 valence electrons. The van der Waals surface area contributed by atoms with Crippen LogP contribution in [-0.4, -0.2) is 0 Å². The van der Waals surface area contributed by atoms with E-state index in [1.807, 2.05) is 0 Å². The standard InChI is InChI=1S/C19H22/c1-4-5-16-6-10-18(11-7-16)19-12-8-17(9-13-19)14-15(2)3/h6-13H,2,4-5,14H2,1,3H3. The maximum atomic E-state index is 3.96. The molecule has 0 saturated heterocycles. The largest absolute Gasteiger partial charge is 0.0998 e. The van der Waals surface area contributed by atoms with E-state index in [2.05, 4.69) is 69.0 Å². The smallest absolute Gasteiger partial charge is 0.00726 e. The molecule has 0 aliphatic heterocycles. The zero-order valence-corrected chi connectivity index (χ0v) is 11.9. The van der Waals surface area contributed by atoms with Crippen LogP contribution in [0.1, 0.15) is 31.4 Å². The fourth-order valence-electron chi connectivity index (χ4n) is 2.32. The highest BCUT2D eigenvalue weighted by Crippen LogP contribution is 2.21. The molecule has 0 radical (unpaired) electrons. The molecule has 0 aromatic heterocycles. The summed E-state index contributed by atoms with van der Waals surface area (Å²) in [6.07, 6.45) is 3.34. The van der Waals surface area contributed by atoms with Gasteiger partial charge in [-0.1, -0.05) is 74.0 Å². The molecular weight excluding hydrogens is 228 g/mol. The molecule has 0 saturated carbocycles. The topological polar surface area (TPSA) is 0 Å². The molecule has 0 nitrogen and oxygen atoms in total. The average Bonchev–Trinajstić information content (AvgIpc) is 2.40. The SMILES string of the molecule is C=C(C)Cc1ccc(-c2ccc(CCC)cc2)cc1. The van der Waals surface area contributed by atoms with Crippen molar-refractivity contribution >= 4 is 0 Å². The first-order valence-corrected chi connectivity index (χ1v) is 7.01. The van der Waals surface area contributed by atoms with Crippen molar-refractivity contribution in [3.63, 3.8) is 0 Å². The van der Waals surface area contributed by atoms with Crippen molar-refractivity contribution in [2.45, 2.75) is 33.1 Å². The van der Waals surface area contributed by atoms with Crippen LogP contribution < -0.4 is 0 Å². The fraction of sp³-hybridized carbons (Fsp3) is 0.263. The summed E-state index contributed by atoms with van der Waals surface area (Å²) < 4.78 is 0. The summed E-state index contributed by atoms with van der Waals surface area (Å²) in [4.78, 5) is 0. The fourth-order valence-corrected chi connectivity index (χ4v) is 2.32.